The Morgan fingerprint density at radius 1 is 1.17 bits per heavy atom. The minimum atomic E-state index is -0.383. The van der Waals surface area contributed by atoms with Crippen molar-refractivity contribution < 1.29 is 14.0 Å². The van der Waals surface area contributed by atoms with Gasteiger partial charge in [0, 0.05) is 38.3 Å². The molecule has 2 aliphatic heterocycles. The summed E-state index contributed by atoms with van der Waals surface area (Å²) in [5.74, 6) is 0.0706. The van der Waals surface area contributed by atoms with Crippen molar-refractivity contribution in [3.05, 3.63) is 24.2 Å². The topological polar surface area (TPSA) is 65.8 Å². The largest absolute Gasteiger partial charge is 0.472 e. The molecule has 0 radical (unpaired) electrons. The Hall–Kier alpha value is -1.82. The molecule has 6 nitrogen and oxygen atoms in total. The predicted octanol–water partition coefficient (Wildman–Crippen LogP) is 1.76. The molecule has 0 bridgehead atoms. The third kappa shape index (κ3) is 4.38. The lowest BCUT2D eigenvalue weighted by molar-refractivity contribution is -0.139. The molecule has 2 fully saturated rings. The number of amides is 2. The lowest BCUT2D eigenvalue weighted by Gasteiger charge is -2.35. The molecule has 1 N–H and O–H groups in total. The Balaban J connectivity index is 1.62. The molecule has 1 aromatic heterocycles. The number of hydrogen-bond acceptors (Lipinski definition) is 4. The van der Waals surface area contributed by atoms with Crippen LogP contribution < -0.4 is 5.32 Å². The van der Waals surface area contributed by atoms with E-state index in [0.29, 0.717) is 13.1 Å². The summed E-state index contributed by atoms with van der Waals surface area (Å²) in [5.41, 5.74) is 1.04. The van der Waals surface area contributed by atoms with Crippen molar-refractivity contribution >= 4 is 11.8 Å². The Morgan fingerprint density at radius 3 is 2.62 bits per heavy atom. The quantitative estimate of drug-likeness (QED) is 0.912. The summed E-state index contributed by atoms with van der Waals surface area (Å²) >= 11 is 0. The van der Waals surface area contributed by atoms with Crippen molar-refractivity contribution in [2.75, 3.05) is 26.2 Å². The molecule has 24 heavy (non-hydrogen) atoms. The molecular weight excluding hydrogens is 306 g/mol. The summed E-state index contributed by atoms with van der Waals surface area (Å²) < 4.78 is 5.12. The van der Waals surface area contributed by atoms with Gasteiger partial charge in [-0.2, -0.15) is 0 Å². The zero-order chi connectivity index (χ0) is 16.8. The number of nitrogens with zero attached hydrogens (tertiary/aromatic N) is 2. The first-order valence-electron chi connectivity index (χ1n) is 9.04. The third-order valence-electron chi connectivity index (χ3n) is 4.98. The fourth-order valence-corrected chi connectivity index (χ4v) is 3.58. The molecule has 2 amide bonds. The maximum absolute atomic E-state index is 12.7. The van der Waals surface area contributed by atoms with Gasteiger partial charge < -0.3 is 14.6 Å². The molecule has 1 atom stereocenters. The average molecular weight is 333 g/mol. The van der Waals surface area contributed by atoms with Crippen LogP contribution in [0.3, 0.4) is 0 Å². The fourth-order valence-electron chi connectivity index (χ4n) is 3.58. The van der Waals surface area contributed by atoms with Crippen molar-refractivity contribution in [1.29, 1.82) is 0 Å². The predicted molar refractivity (Wildman–Crippen MR) is 90.2 cm³/mol. The maximum atomic E-state index is 12.7. The monoisotopic (exact) mass is 333 g/mol. The van der Waals surface area contributed by atoms with E-state index in [1.165, 1.54) is 19.3 Å². The van der Waals surface area contributed by atoms with E-state index in [2.05, 4.69) is 10.2 Å². The van der Waals surface area contributed by atoms with E-state index in [-0.39, 0.29) is 24.3 Å². The molecule has 1 aromatic rings. The summed E-state index contributed by atoms with van der Waals surface area (Å²) in [6, 6.07) is 1.52. The van der Waals surface area contributed by atoms with Gasteiger partial charge in [0.25, 0.3) is 0 Å². The SMILES string of the molecule is O=C1NCCN(Cc2ccoc2)[C@@H]1CC(=O)N1CCCCCCC1. The number of hydrogen-bond donors (Lipinski definition) is 1. The van der Waals surface area contributed by atoms with Gasteiger partial charge in [0.1, 0.15) is 0 Å². The average Bonchev–Trinajstić information content (AvgIpc) is 3.03. The number of likely N-dealkylation sites (tertiary alicyclic amines) is 1. The molecule has 0 aliphatic carbocycles. The van der Waals surface area contributed by atoms with E-state index in [4.69, 9.17) is 4.42 Å². The minimum Gasteiger partial charge on any atom is -0.472 e. The minimum absolute atomic E-state index is 0.0369. The lowest BCUT2D eigenvalue weighted by atomic mass is 10.0. The van der Waals surface area contributed by atoms with Crippen molar-refractivity contribution in [2.45, 2.75) is 51.1 Å². The molecule has 0 saturated carbocycles. The Labute approximate surface area is 143 Å². The smallest absolute Gasteiger partial charge is 0.237 e. The van der Waals surface area contributed by atoms with Gasteiger partial charge in [-0.3, -0.25) is 14.5 Å². The number of furan rings is 1. The van der Waals surface area contributed by atoms with Gasteiger partial charge in [0.15, 0.2) is 0 Å². The van der Waals surface area contributed by atoms with Crippen LogP contribution in [-0.2, 0) is 16.1 Å². The molecule has 0 aromatic carbocycles. The molecule has 3 heterocycles. The molecule has 6 heteroatoms. The highest BCUT2D eigenvalue weighted by atomic mass is 16.3. The second-order valence-corrected chi connectivity index (χ2v) is 6.76. The Bertz CT molecular complexity index is 536. The summed E-state index contributed by atoms with van der Waals surface area (Å²) in [6.45, 7) is 3.69. The molecule has 132 valence electrons. The first kappa shape index (κ1) is 17.0. The molecule has 0 unspecified atom stereocenters. The van der Waals surface area contributed by atoms with Crippen LogP contribution in [-0.4, -0.2) is 53.8 Å². The standard InChI is InChI=1S/C18H27N3O3/c22-17(20-8-4-2-1-3-5-9-20)12-16-18(23)19-7-10-21(16)13-15-6-11-24-14-15/h6,11,14,16H,1-5,7-10,12-13H2,(H,19,23)/t16-/m1/s1. The molecule has 0 spiro atoms. The van der Waals surface area contributed by atoms with Gasteiger partial charge in [-0.1, -0.05) is 19.3 Å². The number of carbonyl (C=O) groups excluding carboxylic acids is 2. The number of carbonyl (C=O) groups is 2. The first-order chi connectivity index (χ1) is 11.7. The van der Waals surface area contributed by atoms with Gasteiger partial charge in [-0.15, -0.1) is 0 Å². The van der Waals surface area contributed by atoms with Crippen molar-refractivity contribution in [1.82, 2.24) is 15.1 Å². The van der Waals surface area contributed by atoms with Crippen LogP contribution in [0, 0.1) is 0 Å². The number of rotatable bonds is 4. The molecule has 2 aliphatic rings. The Kier molecular flexibility index (Phi) is 5.91. The zero-order valence-electron chi connectivity index (χ0n) is 14.2. The zero-order valence-corrected chi connectivity index (χ0v) is 14.2. The first-order valence-corrected chi connectivity index (χ1v) is 9.04. The van der Waals surface area contributed by atoms with E-state index in [1.54, 1.807) is 12.5 Å². The van der Waals surface area contributed by atoms with Gasteiger partial charge in [-0.05, 0) is 18.9 Å². The van der Waals surface area contributed by atoms with E-state index in [9.17, 15) is 9.59 Å². The van der Waals surface area contributed by atoms with Crippen molar-refractivity contribution in [3.8, 4) is 0 Å². The van der Waals surface area contributed by atoms with Crippen LogP contribution in [0.4, 0.5) is 0 Å². The lowest BCUT2D eigenvalue weighted by Crippen LogP contribution is -2.56. The summed E-state index contributed by atoms with van der Waals surface area (Å²) in [4.78, 5) is 29.1. The highest BCUT2D eigenvalue weighted by Crippen LogP contribution is 2.17. The second-order valence-electron chi connectivity index (χ2n) is 6.76. The fraction of sp³-hybridized carbons (Fsp3) is 0.667. The van der Waals surface area contributed by atoms with Crippen molar-refractivity contribution in [3.63, 3.8) is 0 Å². The molecule has 3 rings (SSSR count). The van der Waals surface area contributed by atoms with E-state index < -0.39 is 0 Å². The second kappa shape index (κ2) is 8.33. The summed E-state index contributed by atoms with van der Waals surface area (Å²) in [5, 5.41) is 2.90. The third-order valence-corrected chi connectivity index (χ3v) is 4.98. The summed E-state index contributed by atoms with van der Waals surface area (Å²) in [6.07, 6.45) is 9.40. The Morgan fingerprint density at radius 2 is 1.92 bits per heavy atom. The van der Waals surface area contributed by atoms with Gasteiger partial charge in [-0.25, -0.2) is 0 Å². The van der Waals surface area contributed by atoms with Crippen LogP contribution in [0.15, 0.2) is 23.0 Å². The van der Waals surface area contributed by atoms with E-state index in [0.717, 1.165) is 38.0 Å². The van der Waals surface area contributed by atoms with Gasteiger partial charge in [0.2, 0.25) is 11.8 Å². The highest BCUT2D eigenvalue weighted by molar-refractivity contribution is 5.88. The van der Waals surface area contributed by atoms with E-state index in [1.807, 2.05) is 11.0 Å². The number of piperazine rings is 1. The van der Waals surface area contributed by atoms with Gasteiger partial charge >= 0.3 is 0 Å². The van der Waals surface area contributed by atoms with Crippen LogP contribution in [0.25, 0.3) is 0 Å². The van der Waals surface area contributed by atoms with Crippen LogP contribution in [0.2, 0.25) is 0 Å². The van der Waals surface area contributed by atoms with Crippen molar-refractivity contribution in [2.24, 2.45) is 0 Å². The van der Waals surface area contributed by atoms with Crippen LogP contribution in [0.5, 0.6) is 0 Å². The molecular formula is C18H27N3O3. The normalized spacial score (nSPS) is 23.4. The van der Waals surface area contributed by atoms with E-state index >= 15 is 0 Å². The van der Waals surface area contributed by atoms with Gasteiger partial charge in [0.05, 0.1) is 25.0 Å². The maximum Gasteiger partial charge on any atom is 0.237 e. The number of nitrogens with one attached hydrogen (secondary N) is 1. The highest BCUT2D eigenvalue weighted by Gasteiger charge is 2.33. The van der Waals surface area contributed by atoms with Crippen LogP contribution in [0.1, 0.15) is 44.1 Å². The summed E-state index contributed by atoms with van der Waals surface area (Å²) in [7, 11) is 0. The van der Waals surface area contributed by atoms with Crippen LogP contribution >= 0.6 is 0 Å². The molecule has 2 saturated heterocycles.